The number of nitrogens with zero attached hydrogens (tertiary/aromatic N) is 1. The van der Waals surface area contributed by atoms with Crippen molar-refractivity contribution in [3.63, 3.8) is 0 Å². The van der Waals surface area contributed by atoms with Crippen molar-refractivity contribution in [1.82, 2.24) is 15.5 Å². The molecule has 5 heteroatoms. The van der Waals surface area contributed by atoms with E-state index in [2.05, 4.69) is 22.5 Å². The lowest BCUT2D eigenvalue weighted by atomic mass is 9.89. The lowest BCUT2D eigenvalue weighted by Crippen LogP contribution is -2.45. The van der Waals surface area contributed by atoms with Gasteiger partial charge in [0.2, 0.25) is 5.91 Å². The van der Waals surface area contributed by atoms with E-state index in [0.29, 0.717) is 6.54 Å². The van der Waals surface area contributed by atoms with Gasteiger partial charge in [0, 0.05) is 13.1 Å². The first-order valence-corrected chi connectivity index (χ1v) is 6.49. The van der Waals surface area contributed by atoms with Gasteiger partial charge >= 0.3 is 0 Å². The van der Waals surface area contributed by atoms with Gasteiger partial charge in [0.05, 0.1) is 6.54 Å². The summed E-state index contributed by atoms with van der Waals surface area (Å²) < 4.78 is 0. The second-order valence-corrected chi connectivity index (χ2v) is 5.05. The monoisotopic (exact) mass is 261 g/mol. The fourth-order valence-electron chi connectivity index (χ4n) is 2.78. The number of rotatable bonds is 4. The second kappa shape index (κ2) is 7.19. The number of halogens is 1. The highest BCUT2D eigenvalue weighted by Crippen LogP contribution is 2.25. The molecule has 0 aromatic heterocycles. The van der Waals surface area contributed by atoms with Crippen LogP contribution >= 0.6 is 12.4 Å². The molecule has 2 fully saturated rings. The summed E-state index contributed by atoms with van der Waals surface area (Å²) in [6.45, 7) is 7.97. The van der Waals surface area contributed by atoms with Gasteiger partial charge in [0.1, 0.15) is 0 Å². The predicted molar refractivity (Wildman–Crippen MR) is 71.5 cm³/mol. The molecular formula is C12H24ClN3O. The van der Waals surface area contributed by atoms with E-state index in [4.69, 9.17) is 0 Å². The summed E-state index contributed by atoms with van der Waals surface area (Å²) in [4.78, 5) is 13.9. The second-order valence-electron chi connectivity index (χ2n) is 5.05. The molecule has 2 atom stereocenters. The van der Waals surface area contributed by atoms with E-state index in [-0.39, 0.29) is 18.3 Å². The minimum absolute atomic E-state index is 0. The molecule has 2 unspecified atom stereocenters. The van der Waals surface area contributed by atoms with Gasteiger partial charge in [-0.05, 0) is 44.3 Å². The van der Waals surface area contributed by atoms with E-state index in [1.807, 2.05) is 0 Å². The molecule has 0 spiro atoms. The average molecular weight is 262 g/mol. The molecule has 1 amide bonds. The van der Waals surface area contributed by atoms with Gasteiger partial charge in [-0.1, -0.05) is 6.92 Å². The van der Waals surface area contributed by atoms with Crippen LogP contribution in [0.2, 0.25) is 0 Å². The van der Waals surface area contributed by atoms with Crippen LogP contribution in [0.4, 0.5) is 0 Å². The maximum atomic E-state index is 11.6. The van der Waals surface area contributed by atoms with Crippen molar-refractivity contribution in [3.8, 4) is 0 Å². The lowest BCUT2D eigenvalue weighted by Gasteiger charge is -2.33. The predicted octanol–water partition coefficient (Wildman–Crippen LogP) is 0.476. The summed E-state index contributed by atoms with van der Waals surface area (Å²) in [5, 5.41) is 6.39. The Morgan fingerprint density at radius 1 is 1.41 bits per heavy atom. The van der Waals surface area contributed by atoms with Crippen molar-refractivity contribution in [2.45, 2.75) is 19.8 Å². The van der Waals surface area contributed by atoms with E-state index in [1.165, 1.54) is 13.0 Å². The number of piperidine rings is 1. The van der Waals surface area contributed by atoms with E-state index >= 15 is 0 Å². The highest BCUT2D eigenvalue weighted by molar-refractivity contribution is 5.85. The molecule has 0 aromatic rings. The molecule has 100 valence electrons. The minimum Gasteiger partial charge on any atom is -0.355 e. The van der Waals surface area contributed by atoms with Crippen LogP contribution in [0.5, 0.6) is 0 Å². The fraction of sp³-hybridized carbons (Fsp3) is 0.917. The van der Waals surface area contributed by atoms with Gasteiger partial charge in [-0.3, -0.25) is 9.69 Å². The van der Waals surface area contributed by atoms with Gasteiger partial charge in [0.25, 0.3) is 0 Å². The first-order valence-electron chi connectivity index (χ1n) is 6.49. The van der Waals surface area contributed by atoms with Gasteiger partial charge in [0.15, 0.2) is 0 Å². The summed E-state index contributed by atoms with van der Waals surface area (Å²) in [7, 11) is 0. The number of carbonyl (C=O) groups excluding carboxylic acids is 1. The molecule has 4 nitrogen and oxygen atoms in total. The molecule has 2 N–H and O–H groups in total. The standard InChI is InChI=1S/C12H23N3O.ClH/c1-2-4-14-12(16)9-15-5-3-10-6-13-7-11(10)8-15;/h10-11,13H,2-9H2,1H3,(H,14,16);1H. The van der Waals surface area contributed by atoms with Gasteiger partial charge < -0.3 is 10.6 Å². The average Bonchev–Trinajstić information content (AvgIpc) is 2.73. The van der Waals surface area contributed by atoms with Crippen LogP contribution in [0.15, 0.2) is 0 Å². The maximum Gasteiger partial charge on any atom is 0.234 e. The van der Waals surface area contributed by atoms with Crippen LogP contribution in [0.1, 0.15) is 19.8 Å². The molecule has 17 heavy (non-hydrogen) atoms. The molecule has 2 saturated heterocycles. The first kappa shape index (κ1) is 14.7. The highest BCUT2D eigenvalue weighted by Gasteiger charge is 2.32. The van der Waals surface area contributed by atoms with Gasteiger partial charge in [-0.2, -0.15) is 0 Å². The largest absolute Gasteiger partial charge is 0.355 e. The zero-order valence-electron chi connectivity index (χ0n) is 10.6. The Balaban J connectivity index is 0.00000144. The smallest absolute Gasteiger partial charge is 0.234 e. The van der Waals surface area contributed by atoms with Crippen molar-refractivity contribution in [3.05, 3.63) is 0 Å². The third kappa shape index (κ3) is 4.12. The normalized spacial score (nSPS) is 28.3. The van der Waals surface area contributed by atoms with E-state index in [0.717, 1.165) is 44.4 Å². The summed E-state index contributed by atoms with van der Waals surface area (Å²) in [6.07, 6.45) is 2.26. The van der Waals surface area contributed by atoms with Crippen molar-refractivity contribution < 1.29 is 4.79 Å². The van der Waals surface area contributed by atoms with Gasteiger partial charge in [-0.15, -0.1) is 12.4 Å². The van der Waals surface area contributed by atoms with Crippen molar-refractivity contribution in [2.24, 2.45) is 11.8 Å². The molecule has 0 saturated carbocycles. The molecule has 0 bridgehead atoms. The Kier molecular flexibility index (Phi) is 6.23. The van der Waals surface area contributed by atoms with Crippen LogP contribution in [0.3, 0.4) is 0 Å². The maximum absolute atomic E-state index is 11.6. The van der Waals surface area contributed by atoms with Crippen molar-refractivity contribution in [2.75, 3.05) is 39.3 Å². The van der Waals surface area contributed by atoms with Crippen LogP contribution < -0.4 is 10.6 Å². The van der Waals surface area contributed by atoms with E-state index in [1.54, 1.807) is 0 Å². The van der Waals surface area contributed by atoms with Crippen LogP contribution in [0.25, 0.3) is 0 Å². The number of carbonyl (C=O) groups is 1. The Hall–Kier alpha value is -0.320. The Morgan fingerprint density at radius 3 is 2.94 bits per heavy atom. The molecule has 0 radical (unpaired) electrons. The quantitative estimate of drug-likeness (QED) is 0.774. The molecule has 0 aromatic carbocycles. The SMILES string of the molecule is CCCNC(=O)CN1CCC2CNCC2C1.Cl. The van der Waals surface area contributed by atoms with Crippen LogP contribution in [-0.2, 0) is 4.79 Å². The molecule has 0 aliphatic carbocycles. The first-order chi connectivity index (χ1) is 7.79. The molecule has 2 aliphatic rings. The third-order valence-corrected chi connectivity index (χ3v) is 3.73. The zero-order chi connectivity index (χ0) is 11.4. The number of nitrogens with one attached hydrogen (secondary N) is 2. The van der Waals surface area contributed by atoms with Crippen LogP contribution in [0, 0.1) is 11.8 Å². The topological polar surface area (TPSA) is 44.4 Å². The molecule has 2 heterocycles. The highest BCUT2D eigenvalue weighted by atomic mass is 35.5. The lowest BCUT2D eigenvalue weighted by molar-refractivity contribution is -0.122. The number of hydrogen-bond acceptors (Lipinski definition) is 3. The number of amides is 1. The Morgan fingerprint density at radius 2 is 2.18 bits per heavy atom. The zero-order valence-corrected chi connectivity index (χ0v) is 11.4. The third-order valence-electron chi connectivity index (χ3n) is 3.73. The summed E-state index contributed by atoms with van der Waals surface area (Å²) >= 11 is 0. The number of fused-ring (bicyclic) bond motifs is 1. The van der Waals surface area contributed by atoms with E-state index in [9.17, 15) is 4.79 Å². The Labute approximate surface area is 110 Å². The summed E-state index contributed by atoms with van der Waals surface area (Å²) in [5.74, 6) is 1.81. The number of likely N-dealkylation sites (tertiary alicyclic amines) is 1. The van der Waals surface area contributed by atoms with E-state index < -0.39 is 0 Å². The summed E-state index contributed by atoms with van der Waals surface area (Å²) in [5.41, 5.74) is 0. The van der Waals surface area contributed by atoms with Crippen molar-refractivity contribution >= 4 is 18.3 Å². The Bertz CT molecular complexity index is 250. The van der Waals surface area contributed by atoms with Crippen molar-refractivity contribution in [1.29, 1.82) is 0 Å². The number of hydrogen-bond donors (Lipinski definition) is 2. The minimum atomic E-state index is 0. The van der Waals surface area contributed by atoms with Gasteiger partial charge in [-0.25, -0.2) is 0 Å². The fourth-order valence-corrected chi connectivity index (χ4v) is 2.78. The summed E-state index contributed by atoms with van der Waals surface area (Å²) in [6, 6.07) is 0. The van der Waals surface area contributed by atoms with Crippen LogP contribution in [-0.4, -0.2) is 50.1 Å². The molecule has 2 aliphatic heterocycles. The molecule has 2 rings (SSSR count). The molecular weight excluding hydrogens is 238 g/mol.